The van der Waals surface area contributed by atoms with Gasteiger partial charge in [-0.25, -0.2) is 4.68 Å². The Hall–Kier alpha value is -2.32. The zero-order valence-corrected chi connectivity index (χ0v) is 14.3. The van der Waals surface area contributed by atoms with Gasteiger partial charge in [-0.2, -0.15) is 0 Å². The fourth-order valence-electron chi connectivity index (χ4n) is 2.87. The molecule has 1 saturated heterocycles. The molecular formula is C16H23N5O3. The molecular weight excluding hydrogens is 310 g/mol. The summed E-state index contributed by atoms with van der Waals surface area (Å²) in [5.41, 5.74) is 1.85. The van der Waals surface area contributed by atoms with Crippen LogP contribution in [0, 0.1) is 0 Å². The molecule has 0 radical (unpaired) electrons. The fraction of sp³-hybridized carbons (Fsp3) is 0.500. The number of ether oxygens (including phenoxy) is 3. The molecule has 1 fully saturated rings. The summed E-state index contributed by atoms with van der Waals surface area (Å²) in [6.45, 7) is 4.84. The van der Waals surface area contributed by atoms with E-state index in [1.807, 2.05) is 16.8 Å². The van der Waals surface area contributed by atoms with Crippen molar-refractivity contribution >= 4 is 0 Å². The summed E-state index contributed by atoms with van der Waals surface area (Å²) in [6.07, 6.45) is 1.80. The summed E-state index contributed by atoms with van der Waals surface area (Å²) in [6, 6.07) is 3.74. The molecule has 1 N–H and O–H groups in total. The third-order valence-electron chi connectivity index (χ3n) is 4.11. The molecule has 0 unspecified atom stereocenters. The highest BCUT2D eigenvalue weighted by molar-refractivity contribution is 5.58. The van der Waals surface area contributed by atoms with Crippen LogP contribution in [-0.4, -0.2) is 67.4 Å². The zero-order valence-electron chi connectivity index (χ0n) is 14.3. The van der Waals surface area contributed by atoms with Crippen LogP contribution >= 0.6 is 0 Å². The second-order valence-electron chi connectivity index (χ2n) is 5.55. The van der Waals surface area contributed by atoms with E-state index in [4.69, 9.17) is 14.2 Å². The number of nitrogens with zero attached hydrogens (tertiary/aromatic N) is 4. The van der Waals surface area contributed by atoms with Gasteiger partial charge < -0.3 is 19.5 Å². The predicted molar refractivity (Wildman–Crippen MR) is 89.2 cm³/mol. The van der Waals surface area contributed by atoms with Gasteiger partial charge in [0, 0.05) is 44.9 Å². The van der Waals surface area contributed by atoms with E-state index in [2.05, 4.69) is 20.5 Å². The van der Waals surface area contributed by atoms with Gasteiger partial charge in [-0.3, -0.25) is 4.90 Å². The van der Waals surface area contributed by atoms with Crippen molar-refractivity contribution in [2.75, 3.05) is 47.5 Å². The zero-order chi connectivity index (χ0) is 16.9. The number of aromatic nitrogens is 3. The van der Waals surface area contributed by atoms with Crippen LogP contribution in [0.5, 0.6) is 17.2 Å². The molecule has 1 aliphatic heterocycles. The Morgan fingerprint density at radius 2 is 1.71 bits per heavy atom. The van der Waals surface area contributed by atoms with Crippen molar-refractivity contribution < 1.29 is 14.2 Å². The van der Waals surface area contributed by atoms with Crippen LogP contribution in [-0.2, 0) is 6.54 Å². The Balaban J connectivity index is 1.93. The number of hydrogen-bond donors (Lipinski definition) is 1. The van der Waals surface area contributed by atoms with E-state index in [-0.39, 0.29) is 0 Å². The first kappa shape index (κ1) is 16.5. The Morgan fingerprint density at radius 3 is 2.29 bits per heavy atom. The SMILES string of the molecule is COc1cc(-n2nncc2CN2CCNCC2)cc(OC)c1OC. The van der Waals surface area contributed by atoms with Crippen molar-refractivity contribution in [3.8, 4) is 22.9 Å². The van der Waals surface area contributed by atoms with E-state index >= 15 is 0 Å². The number of nitrogens with one attached hydrogen (secondary N) is 1. The van der Waals surface area contributed by atoms with Gasteiger partial charge in [0.05, 0.1) is 38.9 Å². The largest absolute Gasteiger partial charge is 0.493 e. The van der Waals surface area contributed by atoms with Crippen molar-refractivity contribution in [3.05, 3.63) is 24.0 Å². The summed E-state index contributed by atoms with van der Waals surface area (Å²) in [7, 11) is 4.79. The lowest BCUT2D eigenvalue weighted by Crippen LogP contribution is -2.43. The lowest BCUT2D eigenvalue weighted by Gasteiger charge is -2.27. The van der Waals surface area contributed by atoms with E-state index in [1.54, 1.807) is 27.5 Å². The fourth-order valence-corrected chi connectivity index (χ4v) is 2.87. The first-order valence-corrected chi connectivity index (χ1v) is 7.90. The summed E-state index contributed by atoms with van der Waals surface area (Å²) >= 11 is 0. The number of rotatable bonds is 6. The van der Waals surface area contributed by atoms with Gasteiger partial charge >= 0.3 is 0 Å². The summed E-state index contributed by atoms with van der Waals surface area (Å²) in [5.74, 6) is 1.75. The van der Waals surface area contributed by atoms with E-state index < -0.39 is 0 Å². The average molecular weight is 333 g/mol. The van der Waals surface area contributed by atoms with Crippen LogP contribution in [0.25, 0.3) is 5.69 Å². The molecule has 8 nitrogen and oxygen atoms in total. The van der Waals surface area contributed by atoms with Crippen molar-refractivity contribution in [2.45, 2.75) is 6.54 Å². The van der Waals surface area contributed by atoms with Crippen molar-refractivity contribution in [1.29, 1.82) is 0 Å². The summed E-state index contributed by atoms with van der Waals surface area (Å²) in [5, 5.41) is 11.7. The molecule has 1 aromatic heterocycles. The average Bonchev–Trinajstić information content (AvgIpc) is 3.09. The lowest BCUT2D eigenvalue weighted by atomic mass is 10.2. The van der Waals surface area contributed by atoms with Gasteiger partial charge in [0.1, 0.15) is 0 Å². The van der Waals surface area contributed by atoms with E-state index in [1.165, 1.54) is 0 Å². The molecule has 2 heterocycles. The number of methoxy groups -OCH3 is 3. The minimum absolute atomic E-state index is 0.563. The third-order valence-corrected chi connectivity index (χ3v) is 4.11. The minimum Gasteiger partial charge on any atom is -0.493 e. The molecule has 2 aromatic rings. The molecule has 0 saturated carbocycles. The van der Waals surface area contributed by atoms with Gasteiger partial charge in [0.2, 0.25) is 5.75 Å². The molecule has 130 valence electrons. The van der Waals surface area contributed by atoms with Gasteiger partial charge in [-0.1, -0.05) is 5.21 Å². The second-order valence-corrected chi connectivity index (χ2v) is 5.55. The maximum atomic E-state index is 5.42. The highest BCUT2D eigenvalue weighted by atomic mass is 16.5. The second kappa shape index (κ2) is 7.50. The minimum atomic E-state index is 0.563. The number of piperazine rings is 1. The topological polar surface area (TPSA) is 73.7 Å². The number of hydrogen-bond acceptors (Lipinski definition) is 7. The quantitative estimate of drug-likeness (QED) is 0.834. The third kappa shape index (κ3) is 3.29. The first-order valence-electron chi connectivity index (χ1n) is 7.90. The van der Waals surface area contributed by atoms with Crippen LogP contribution < -0.4 is 19.5 Å². The standard InChI is InChI=1S/C16H23N5O3/c1-22-14-8-12(9-15(23-2)16(14)24-3)21-13(10-18-19-21)11-20-6-4-17-5-7-20/h8-10,17H,4-7,11H2,1-3H3. The first-order chi connectivity index (χ1) is 11.8. The maximum absolute atomic E-state index is 5.42. The van der Waals surface area contributed by atoms with Gasteiger partial charge in [0.25, 0.3) is 0 Å². The van der Waals surface area contributed by atoms with Crippen LogP contribution in [0.1, 0.15) is 5.69 Å². The Bertz CT molecular complexity index is 657. The highest BCUT2D eigenvalue weighted by Crippen LogP contribution is 2.39. The Kier molecular flexibility index (Phi) is 5.17. The van der Waals surface area contributed by atoms with Gasteiger partial charge in [-0.05, 0) is 0 Å². The highest BCUT2D eigenvalue weighted by Gasteiger charge is 2.18. The van der Waals surface area contributed by atoms with Crippen molar-refractivity contribution in [2.24, 2.45) is 0 Å². The Labute approximate surface area is 141 Å². The summed E-state index contributed by atoms with van der Waals surface area (Å²) < 4.78 is 18.0. The van der Waals surface area contributed by atoms with Crippen LogP contribution in [0.4, 0.5) is 0 Å². The normalized spacial score (nSPS) is 15.3. The van der Waals surface area contributed by atoms with Gasteiger partial charge in [0.15, 0.2) is 11.5 Å². The molecule has 0 bridgehead atoms. The lowest BCUT2D eigenvalue weighted by molar-refractivity contribution is 0.229. The molecule has 0 spiro atoms. The van der Waals surface area contributed by atoms with Crippen molar-refractivity contribution in [3.63, 3.8) is 0 Å². The predicted octanol–water partition coefficient (Wildman–Crippen LogP) is 0.698. The van der Waals surface area contributed by atoms with E-state index in [0.717, 1.165) is 44.1 Å². The monoisotopic (exact) mass is 333 g/mol. The summed E-state index contributed by atoms with van der Waals surface area (Å²) in [4.78, 5) is 2.38. The molecule has 1 aromatic carbocycles. The van der Waals surface area contributed by atoms with E-state index in [0.29, 0.717) is 17.2 Å². The van der Waals surface area contributed by atoms with Crippen LogP contribution in [0.2, 0.25) is 0 Å². The van der Waals surface area contributed by atoms with Crippen molar-refractivity contribution in [1.82, 2.24) is 25.2 Å². The Morgan fingerprint density at radius 1 is 1.04 bits per heavy atom. The van der Waals surface area contributed by atoms with Gasteiger partial charge in [-0.15, -0.1) is 5.10 Å². The number of benzene rings is 1. The smallest absolute Gasteiger partial charge is 0.203 e. The van der Waals surface area contributed by atoms with Crippen LogP contribution in [0.15, 0.2) is 18.3 Å². The molecule has 24 heavy (non-hydrogen) atoms. The maximum Gasteiger partial charge on any atom is 0.203 e. The van der Waals surface area contributed by atoms with Crippen LogP contribution in [0.3, 0.4) is 0 Å². The molecule has 1 aliphatic rings. The molecule has 0 aliphatic carbocycles. The molecule has 0 atom stereocenters. The molecule has 3 rings (SSSR count). The molecule has 8 heteroatoms. The van der Waals surface area contributed by atoms with E-state index in [9.17, 15) is 0 Å². The molecule has 0 amide bonds.